The van der Waals surface area contributed by atoms with Gasteiger partial charge in [0, 0.05) is 37.4 Å². The van der Waals surface area contributed by atoms with E-state index in [1.54, 1.807) is 17.9 Å². The van der Waals surface area contributed by atoms with Crippen LogP contribution < -0.4 is 5.32 Å². The van der Waals surface area contributed by atoms with Crippen LogP contribution in [0.1, 0.15) is 60.5 Å². The quantitative estimate of drug-likeness (QED) is 0.640. The lowest BCUT2D eigenvalue weighted by Gasteiger charge is -2.05. The molecular weight excluding hydrogens is 420 g/mol. The summed E-state index contributed by atoms with van der Waals surface area (Å²) in [6.07, 6.45) is 6.60. The Balaban J connectivity index is 0.000000533. The van der Waals surface area contributed by atoms with Gasteiger partial charge in [-0.25, -0.2) is 13.4 Å². The highest BCUT2D eigenvalue weighted by atomic mass is 32.2. The van der Waals surface area contributed by atoms with Gasteiger partial charge < -0.3 is 5.32 Å². The Morgan fingerprint density at radius 1 is 1.23 bits per heavy atom. The van der Waals surface area contributed by atoms with Gasteiger partial charge >= 0.3 is 0 Å². The highest BCUT2D eigenvalue weighted by molar-refractivity contribution is 7.89. The van der Waals surface area contributed by atoms with Crippen LogP contribution in [0.25, 0.3) is 16.0 Å². The zero-order valence-electron chi connectivity index (χ0n) is 18.6. The topological polar surface area (TPSA) is 93.9 Å². The average molecular weight is 453 g/mol. The van der Waals surface area contributed by atoms with Gasteiger partial charge in [0.15, 0.2) is 0 Å². The first kappa shape index (κ1) is 24.0. The molecular formula is C21H32N4O3S2. The minimum Gasteiger partial charge on any atom is -0.354 e. The Bertz CT molecular complexity index is 1140. The first-order chi connectivity index (χ1) is 14.1. The predicted molar refractivity (Wildman–Crippen MR) is 126 cm³/mol. The maximum atomic E-state index is 12.5. The van der Waals surface area contributed by atoms with E-state index in [0.29, 0.717) is 11.6 Å². The molecule has 1 saturated carbocycles. The number of sulfone groups is 1. The van der Waals surface area contributed by atoms with Crippen LogP contribution in [-0.2, 0) is 9.84 Å². The largest absolute Gasteiger partial charge is 0.354 e. The van der Waals surface area contributed by atoms with Gasteiger partial charge in [0.1, 0.15) is 15.5 Å². The molecule has 0 aliphatic heterocycles. The van der Waals surface area contributed by atoms with Crippen molar-refractivity contribution in [2.24, 2.45) is 0 Å². The smallest absolute Gasteiger partial charge is 0.270 e. The van der Waals surface area contributed by atoms with Crippen molar-refractivity contribution in [2.75, 3.05) is 19.6 Å². The minimum absolute atomic E-state index is 0. The summed E-state index contributed by atoms with van der Waals surface area (Å²) < 4.78 is 20.9. The van der Waals surface area contributed by atoms with Gasteiger partial charge in [-0.2, -0.15) is 9.78 Å². The molecule has 0 bridgehead atoms. The zero-order chi connectivity index (χ0) is 22.6. The summed E-state index contributed by atoms with van der Waals surface area (Å²) in [5.41, 5.74) is 4.01. The summed E-state index contributed by atoms with van der Waals surface area (Å²) >= 11 is 1.53. The number of benzene rings is 1. The summed E-state index contributed by atoms with van der Waals surface area (Å²) in [5, 5.41) is 9.02. The maximum Gasteiger partial charge on any atom is 0.270 e. The number of amides is 1. The lowest BCUT2D eigenvalue weighted by atomic mass is 10.0. The van der Waals surface area contributed by atoms with Crippen LogP contribution in [0.3, 0.4) is 0 Å². The third-order valence-electron chi connectivity index (χ3n) is 4.31. The number of carbonyl (C=O) groups excluding carboxylic acids is 1. The van der Waals surface area contributed by atoms with Gasteiger partial charge in [-0.1, -0.05) is 13.8 Å². The third kappa shape index (κ3) is 5.89. The van der Waals surface area contributed by atoms with Gasteiger partial charge in [0.2, 0.25) is 5.13 Å². The van der Waals surface area contributed by atoms with Crippen LogP contribution in [0.4, 0.5) is 0 Å². The summed E-state index contributed by atoms with van der Waals surface area (Å²) in [7, 11) is -1.02. The molecule has 0 saturated heterocycles. The molecule has 3 aromatic rings. The second-order valence-corrected chi connectivity index (χ2v) is 10.7. The second-order valence-electron chi connectivity index (χ2n) is 7.24. The lowest BCUT2D eigenvalue weighted by Crippen LogP contribution is -2.21. The van der Waals surface area contributed by atoms with Crippen LogP contribution in [0.5, 0.6) is 0 Å². The molecule has 9 heteroatoms. The Morgan fingerprint density at radius 2 is 1.83 bits per heavy atom. The van der Waals surface area contributed by atoms with E-state index in [4.69, 9.17) is 0 Å². The summed E-state index contributed by atoms with van der Waals surface area (Å²) in [4.78, 5) is 18.0. The summed E-state index contributed by atoms with van der Waals surface area (Å²) in [5.74, 6) is 0.508. The number of nitrogens with one attached hydrogen (secondary N) is 1. The fraction of sp³-hybridized carbons (Fsp3) is 0.476. The Labute approximate surface area is 183 Å². The molecule has 1 amide bonds. The van der Waals surface area contributed by atoms with Crippen LogP contribution in [0.2, 0.25) is 0 Å². The molecule has 30 heavy (non-hydrogen) atoms. The highest BCUT2D eigenvalue weighted by Crippen LogP contribution is 2.43. The van der Waals surface area contributed by atoms with Gasteiger partial charge in [-0.3, -0.25) is 4.79 Å². The molecule has 0 radical (unpaired) electrons. The van der Waals surface area contributed by atoms with E-state index in [2.05, 4.69) is 34.5 Å². The van der Waals surface area contributed by atoms with E-state index < -0.39 is 9.84 Å². The summed E-state index contributed by atoms with van der Waals surface area (Å²) in [6.45, 7) is 8.12. The highest BCUT2D eigenvalue weighted by Gasteiger charge is 2.28. The SMILES string of the molecule is CC.CNC(=O)c1c2cc(C3CC3)c(C)cc2nn1-c1ncc(C)s1.CS(C)(=O)=O.[HH]. The monoisotopic (exact) mass is 452 g/mol. The van der Waals surface area contributed by atoms with Gasteiger partial charge in [-0.05, 0) is 55.9 Å². The molecule has 0 atom stereocenters. The first-order valence-electron chi connectivity index (χ1n) is 9.91. The minimum atomic E-state index is -2.67. The van der Waals surface area contributed by atoms with E-state index in [9.17, 15) is 13.2 Å². The molecule has 1 aliphatic rings. The van der Waals surface area contributed by atoms with Crippen molar-refractivity contribution < 1.29 is 14.6 Å². The Morgan fingerprint density at radius 3 is 2.30 bits per heavy atom. The molecule has 1 N–H and O–H groups in total. The van der Waals surface area contributed by atoms with Crippen LogP contribution in [0, 0.1) is 13.8 Å². The number of aryl methyl sites for hydroxylation is 2. The van der Waals surface area contributed by atoms with E-state index in [-0.39, 0.29) is 7.33 Å². The first-order valence-corrected chi connectivity index (χ1v) is 13.0. The van der Waals surface area contributed by atoms with Crippen molar-refractivity contribution in [1.82, 2.24) is 20.1 Å². The van der Waals surface area contributed by atoms with Gasteiger partial charge in [0.05, 0.1) is 5.52 Å². The van der Waals surface area contributed by atoms with E-state index in [1.807, 2.05) is 20.8 Å². The second kappa shape index (κ2) is 9.70. The molecule has 1 fully saturated rings. The van der Waals surface area contributed by atoms with Crippen LogP contribution in [0.15, 0.2) is 18.3 Å². The fourth-order valence-electron chi connectivity index (χ4n) is 3.00. The molecule has 2 heterocycles. The van der Waals surface area contributed by atoms with Crippen LogP contribution >= 0.6 is 11.3 Å². The molecule has 0 unspecified atom stereocenters. The number of fused-ring (bicyclic) bond motifs is 1. The van der Waals surface area contributed by atoms with Crippen molar-refractivity contribution in [3.05, 3.63) is 40.0 Å². The zero-order valence-corrected chi connectivity index (χ0v) is 20.2. The normalized spacial score (nSPS) is 13.2. The van der Waals surface area contributed by atoms with Crippen molar-refractivity contribution in [2.45, 2.75) is 46.5 Å². The number of carbonyl (C=O) groups is 1. The molecule has 166 valence electrons. The average Bonchev–Trinajstić information content (AvgIpc) is 3.32. The Kier molecular flexibility index (Phi) is 7.76. The number of thiazole rings is 1. The Hall–Kier alpha value is -2.26. The summed E-state index contributed by atoms with van der Waals surface area (Å²) in [6, 6.07) is 4.24. The molecule has 1 aromatic carbocycles. The fourth-order valence-corrected chi connectivity index (χ4v) is 3.72. The van der Waals surface area contributed by atoms with Crippen molar-refractivity contribution >= 4 is 38.0 Å². The standard InChI is InChI=1S/C17H18N4OS.C2H6O2S.C2H6.H2/c1-9-6-14-13(7-12(9)11-4-5-11)15(16(22)18-3)21(20-14)17-19-8-10(2)23-17;1-5(2,3)4;1-2;/h6-8,11H,4-5H2,1-3H3,(H,18,22);1-2H3;1-2H3;1H. The molecule has 7 nitrogen and oxygen atoms in total. The van der Waals surface area contributed by atoms with E-state index >= 15 is 0 Å². The van der Waals surface area contributed by atoms with Crippen molar-refractivity contribution in [1.29, 1.82) is 0 Å². The lowest BCUT2D eigenvalue weighted by molar-refractivity contribution is 0.0957. The van der Waals surface area contributed by atoms with E-state index in [1.165, 1.54) is 35.3 Å². The number of nitrogens with zero attached hydrogens (tertiary/aromatic N) is 3. The number of hydrogen-bond donors (Lipinski definition) is 1. The molecule has 2 aromatic heterocycles. The van der Waals surface area contributed by atoms with E-state index in [0.717, 1.165) is 33.4 Å². The molecule has 0 spiro atoms. The van der Waals surface area contributed by atoms with Crippen molar-refractivity contribution in [3.8, 4) is 5.13 Å². The molecule has 4 rings (SSSR count). The number of rotatable bonds is 3. The maximum absolute atomic E-state index is 12.5. The van der Waals surface area contributed by atoms with Crippen LogP contribution in [-0.4, -0.2) is 48.6 Å². The van der Waals surface area contributed by atoms with Crippen molar-refractivity contribution in [3.63, 3.8) is 0 Å². The molecule has 1 aliphatic carbocycles. The third-order valence-corrected chi connectivity index (χ3v) is 5.20. The predicted octanol–water partition coefficient (Wildman–Crippen LogP) is 4.27. The van der Waals surface area contributed by atoms with Gasteiger partial charge in [0.25, 0.3) is 5.91 Å². The van der Waals surface area contributed by atoms with Gasteiger partial charge in [-0.15, -0.1) is 11.3 Å². The number of aromatic nitrogens is 3. The number of hydrogen-bond acceptors (Lipinski definition) is 6.